The fourth-order valence-electron chi connectivity index (χ4n) is 3.61. The molecule has 0 aliphatic rings. The number of benzene rings is 1. The Balaban J connectivity index is 1.69. The second kappa shape index (κ2) is 9.19. The first-order valence-electron chi connectivity index (χ1n) is 10.3. The van der Waals surface area contributed by atoms with Crippen LogP contribution in [0.5, 0.6) is 0 Å². The average Bonchev–Trinajstić information content (AvgIpc) is 3.17. The summed E-state index contributed by atoms with van der Waals surface area (Å²) in [6, 6.07) is 21.5. The summed E-state index contributed by atoms with van der Waals surface area (Å²) in [7, 11) is 0. The van der Waals surface area contributed by atoms with Gasteiger partial charge in [0.15, 0.2) is 0 Å². The molecular formula is C24H23N5O. The topological polar surface area (TPSA) is 76.0 Å². The van der Waals surface area contributed by atoms with Gasteiger partial charge in [-0.05, 0) is 31.0 Å². The second-order valence-electron chi connectivity index (χ2n) is 7.22. The van der Waals surface area contributed by atoms with Crippen LogP contribution in [-0.2, 0) is 6.54 Å². The van der Waals surface area contributed by atoms with Crippen molar-refractivity contribution < 1.29 is 0 Å². The van der Waals surface area contributed by atoms with E-state index >= 15 is 0 Å². The number of pyridine rings is 1. The van der Waals surface area contributed by atoms with Gasteiger partial charge in [0.2, 0.25) is 0 Å². The summed E-state index contributed by atoms with van der Waals surface area (Å²) < 4.78 is 3.39. The van der Waals surface area contributed by atoms with Gasteiger partial charge in [0.1, 0.15) is 5.69 Å². The van der Waals surface area contributed by atoms with Crippen molar-refractivity contribution in [3.05, 3.63) is 77.2 Å². The highest BCUT2D eigenvalue weighted by Gasteiger charge is 2.18. The first kappa shape index (κ1) is 19.6. The molecule has 0 spiro atoms. The van der Waals surface area contributed by atoms with E-state index in [1.54, 1.807) is 16.8 Å². The standard InChI is InChI=1S/C24H23N5O/c25-16-8-2-1-3-9-18-29-22(30)15-14-20(26-29)23-21-13-7-10-17-28(21)27-24(23)19-11-5-4-6-12-19/h4-7,10-15,17H,1-3,8-9,18H2. The van der Waals surface area contributed by atoms with Crippen molar-refractivity contribution in [2.24, 2.45) is 0 Å². The number of nitriles is 1. The average molecular weight is 397 g/mol. The summed E-state index contributed by atoms with van der Waals surface area (Å²) in [4.78, 5) is 12.4. The summed E-state index contributed by atoms with van der Waals surface area (Å²) in [5.41, 5.74) is 4.35. The molecule has 4 aromatic rings. The van der Waals surface area contributed by atoms with Gasteiger partial charge < -0.3 is 0 Å². The first-order chi connectivity index (χ1) is 14.8. The first-order valence-corrected chi connectivity index (χ1v) is 10.3. The molecule has 0 amide bonds. The molecular weight excluding hydrogens is 374 g/mol. The van der Waals surface area contributed by atoms with Gasteiger partial charge in [-0.2, -0.15) is 15.5 Å². The van der Waals surface area contributed by atoms with Crippen LogP contribution < -0.4 is 5.56 Å². The van der Waals surface area contributed by atoms with Crippen LogP contribution in [0.25, 0.3) is 28.0 Å². The Kier molecular flexibility index (Phi) is 6.00. The Hall–Kier alpha value is -3.72. The number of nitrogens with zero attached hydrogens (tertiary/aromatic N) is 5. The van der Waals surface area contributed by atoms with Gasteiger partial charge in [0.05, 0.1) is 22.8 Å². The van der Waals surface area contributed by atoms with Crippen LogP contribution in [-0.4, -0.2) is 19.4 Å². The number of rotatable bonds is 8. The van der Waals surface area contributed by atoms with Crippen molar-refractivity contribution in [3.8, 4) is 28.6 Å². The van der Waals surface area contributed by atoms with Crippen LogP contribution in [0.15, 0.2) is 71.7 Å². The van der Waals surface area contributed by atoms with E-state index in [4.69, 9.17) is 10.4 Å². The lowest BCUT2D eigenvalue weighted by Gasteiger charge is -2.08. The maximum Gasteiger partial charge on any atom is 0.266 e. The molecule has 0 fully saturated rings. The third-order valence-electron chi connectivity index (χ3n) is 5.12. The molecule has 6 nitrogen and oxygen atoms in total. The van der Waals surface area contributed by atoms with Crippen molar-refractivity contribution >= 4 is 5.52 Å². The fraction of sp³-hybridized carbons (Fsp3) is 0.250. The Morgan fingerprint density at radius 3 is 2.50 bits per heavy atom. The van der Waals surface area contributed by atoms with Gasteiger partial charge in [-0.25, -0.2) is 9.20 Å². The fourth-order valence-corrected chi connectivity index (χ4v) is 3.61. The zero-order chi connectivity index (χ0) is 20.8. The van der Waals surface area contributed by atoms with E-state index in [9.17, 15) is 4.79 Å². The molecule has 0 N–H and O–H groups in total. The summed E-state index contributed by atoms with van der Waals surface area (Å²) in [5, 5.41) is 18.1. The number of unbranched alkanes of at least 4 members (excludes halogenated alkanes) is 4. The lowest BCUT2D eigenvalue weighted by molar-refractivity contribution is 0.518. The minimum absolute atomic E-state index is 0.103. The molecule has 0 saturated carbocycles. The third kappa shape index (κ3) is 4.15. The molecule has 0 saturated heterocycles. The van der Waals surface area contributed by atoms with Gasteiger partial charge in [-0.1, -0.05) is 49.2 Å². The number of hydrogen-bond donors (Lipinski definition) is 0. The Labute approximate surface area is 175 Å². The van der Waals surface area contributed by atoms with Crippen molar-refractivity contribution in [3.63, 3.8) is 0 Å². The predicted molar refractivity (Wildman–Crippen MR) is 117 cm³/mol. The molecule has 1 aromatic carbocycles. The summed E-state index contributed by atoms with van der Waals surface area (Å²) in [6.45, 7) is 0.569. The highest BCUT2D eigenvalue weighted by Crippen LogP contribution is 2.33. The van der Waals surface area contributed by atoms with Gasteiger partial charge in [0, 0.05) is 30.8 Å². The minimum atomic E-state index is -0.103. The Bertz CT molecular complexity index is 1230. The SMILES string of the molecule is N#CCCCCCCn1nc(-c2c(-c3ccccc3)nn3ccccc23)ccc1=O. The smallest absolute Gasteiger partial charge is 0.266 e. The van der Waals surface area contributed by atoms with E-state index in [1.807, 2.05) is 59.2 Å². The molecule has 3 heterocycles. The number of aromatic nitrogens is 4. The molecule has 0 aliphatic carbocycles. The van der Waals surface area contributed by atoms with Crippen molar-refractivity contribution in [1.29, 1.82) is 5.26 Å². The third-order valence-corrected chi connectivity index (χ3v) is 5.12. The maximum absolute atomic E-state index is 12.4. The van der Waals surface area contributed by atoms with Crippen LogP contribution in [0.2, 0.25) is 0 Å². The quantitative estimate of drug-likeness (QED) is 0.404. The van der Waals surface area contributed by atoms with Crippen molar-refractivity contribution in [2.45, 2.75) is 38.6 Å². The number of hydrogen-bond acceptors (Lipinski definition) is 4. The van der Waals surface area contributed by atoms with Gasteiger partial charge in [-0.3, -0.25) is 4.79 Å². The molecule has 150 valence electrons. The minimum Gasteiger partial charge on any atom is -0.268 e. The summed E-state index contributed by atoms with van der Waals surface area (Å²) >= 11 is 0. The zero-order valence-electron chi connectivity index (χ0n) is 16.7. The van der Waals surface area contributed by atoms with Crippen molar-refractivity contribution in [2.75, 3.05) is 0 Å². The van der Waals surface area contributed by atoms with Crippen LogP contribution in [0.3, 0.4) is 0 Å². The van der Waals surface area contributed by atoms with Crippen LogP contribution in [0.4, 0.5) is 0 Å². The lowest BCUT2D eigenvalue weighted by Crippen LogP contribution is -2.22. The van der Waals surface area contributed by atoms with Crippen molar-refractivity contribution in [1.82, 2.24) is 19.4 Å². The molecule has 4 rings (SSSR count). The molecule has 0 atom stereocenters. The molecule has 0 radical (unpaired) electrons. The molecule has 3 aromatic heterocycles. The predicted octanol–water partition coefficient (Wildman–Crippen LogP) is 4.70. The molecule has 6 heteroatoms. The van der Waals surface area contributed by atoms with E-state index in [0.717, 1.165) is 53.7 Å². The number of fused-ring (bicyclic) bond motifs is 1. The van der Waals surface area contributed by atoms with Crippen LogP contribution in [0.1, 0.15) is 32.1 Å². The molecule has 30 heavy (non-hydrogen) atoms. The summed E-state index contributed by atoms with van der Waals surface area (Å²) in [6.07, 6.45) is 6.25. The Morgan fingerprint density at radius 1 is 0.867 bits per heavy atom. The van der Waals surface area contributed by atoms with Gasteiger partial charge >= 0.3 is 0 Å². The monoisotopic (exact) mass is 397 g/mol. The summed E-state index contributed by atoms with van der Waals surface area (Å²) in [5.74, 6) is 0. The largest absolute Gasteiger partial charge is 0.268 e. The molecule has 0 bridgehead atoms. The number of aryl methyl sites for hydroxylation is 1. The Morgan fingerprint density at radius 2 is 1.67 bits per heavy atom. The highest BCUT2D eigenvalue weighted by atomic mass is 16.1. The lowest BCUT2D eigenvalue weighted by atomic mass is 10.0. The van der Waals surface area contributed by atoms with Crippen LogP contribution in [0, 0.1) is 11.3 Å². The van der Waals surface area contributed by atoms with E-state index in [2.05, 4.69) is 11.2 Å². The van der Waals surface area contributed by atoms with Crippen LogP contribution >= 0.6 is 0 Å². The van der Waals surface area contributed by atoms with E-state index in [1.165, 1.54) is 0 Å². The molecule has 0 unspecified atom stereocenters. The maximum atomic E-state index is 12.4. The zero-order valence-corrected chi connectivity index (χ0v) is 16.7. The molecule has 0 aliphatic heterocycles. The van der Waals surface area contributed by atoms with E-state index in [-0.39, 0.29) is 5.56 Å². The highest BCUT2D eigenvalue weighted by molar-refractivity contribution is 5.90. The second-order valence-corrected chi connectivity index (χ2v) is 7.22. The van der Waals surface area contributed by atoms with Gasteiger partial charge in [0.25, 0.3) is 5.56 Å². The van der Waals surface area contributed by atoms with Gasteiger partial charge in [-0.15, -0.1) is 0 Å². The van der Waals surface area contributed by atoms with E-state index in [0.29, 0.717) is 13.0 Å². The van der Waals surface area contributed by atoms with E-state index < -0.39 is 0 Å². The normalized spacial score (nSPS) is 10.9.